The zero-order chi connectivity index (χ0) is 9.90. The summed E-state index contributed by atoms with van der Waals surface area (Å²) in [5.74, 6) is -0.0932. The van der Waals surface area contributed by atoms with E-state index in [1.807, 2.05) is 20.8 Å². The van der Waals surface area contributed by atoms with Crippen molar-refractivity contribution in [3.63, 3.8) is 0 Å². The molecular weight excluding hydrogens is 166 g/mol. The summed E-state index contributed by atoms with van der Waals surface area (Å²) in [5, 5.41) is 3.13. The summed E-state index contributed by atoms with van der Waals surface area (Å²) in [5.41, 5.74) is -0.318. The van der Waals surface area contributed by atoms with Gasteiger partial charge in [0.15, 0.2) is 0 Å². The maximum absolute atomic E-state index is 11.5. The van der Waals surface area contributed by atoms with Gasteiger partial charge in [0.25, 0.3) is 0 Å². The smallest absolute Gasteiger partial charge is 0.323 e. The lowest BCUT2D eigenvalue weighted by atomic mass is 10.1. The Hall–Kier alpha value is -0.570. The number of rotatable bonds is 3. The second-order valence-corrected chi connectivity index (χ2v) is 4.18. The number of carbonyl (C=O) groups excluding carboxylic acids is 1. The van der Waals surface area contributed by atoms with E-state index in [-0.39, 0.29) is 17.6 Å². The van der Waals surface area contributed by atoms with E-state index in [4.69, 9.17) is 4.74 Å². The Labute approximate surface area is 79.8 Å². The second kappa shape index (κ2) is 4.09. The Balaban J connectivity index is 2.40. The van der Waals surface area contributed by atoms with E-state index in [1.165, 1.54) is 0 Å². The Morgan fingerprint density at radius 2 is 2.31 bits per heavy atom. The summed E-state index contributed by atoms with van der Waals surface area (Å²) in [6.45, 7) is 6.85. The van der Waals surface area contributed by atoms with Gasteiger partial charge >= 0.3 is 5.97 Å². The van der Waals surface area contributed by atoms with Crippen LogP contribution in [0.25, 0.3) is 0 Å². The highest BCUT2D eigenvalue weighted by Crippen LogP contribution is 2.16. The molecule has 1 rings (SSSR count). The molecule has 0 radical (unpaired) electrons. The van der Waals surface area contributed by atoms with Gasteiger partial charge in [0.1, 0.15) is 11.6 Å². The number of hydrogen-bond acceptors (Lipinski definition) is 3. The van der Waals surface area contributed by atoms with Gasteiger partial charge in [0.05, 0.1) is 0 Å². The third-order valence-corrected chi connectivity index (χ3v) is 2.57. The van der Waals surface area contributed by atoms with Crippen molar-refractivity contribution >= 4 is 5.97 Å². The van der Waals surface area contributed by atoms with Crippen molar-refractivity contribution in [1.82, 2.24) is 5.32 Å². The van der Waals surface area contributed by atoms with E-state index in [9.17, 15) is 4.79 Å². The molecule has 1 saturated heterocycles. The molecular formula is C10H19NO2. The van der Waals surface area contributed by atoms with Crippen LogP contribution in [0.3, 0.4) is 0 Å². The van der Waals surface area contributed by atoms with E-state index in [0.29, 0.717) is 0 Å². The topological polar surface area (TPSA) is 38.3 Å². The third-order valence-electron chi connectivity index (χ3n) is 2.57. The first kappa shape index (κ1) is 10.5. The monoisotopic (exact) mass is 185 g/mol. The van der Waals surface area contributed by atoms with Crippen LogP contribution in [0, 0.1) is 0 Å². The molecule has 1 fully saturated rings. The zero-order valence-electron chi connectivity index (χ0n) is 8.72. The van der Waals surface area contributed by atoms with Gasteiger partial charge in [-0.2, -0.15) is 0 Å². The molecule has 0 amide bonds. The van der Waals surface area contributed by atoms with E-state index in [1.54, 1.807) is 0 Å². The molecule has 0 saturated carbocycles. The lowest BCUT2D eigenvalue weighted by molar-refractivity contribution is -0.158. The van der Waals surface area contributed by atoms with Crippen molar-refractivity contribution in [2.45, 2.75) is 51.7 Å². The first-order valence-corrected chi connectivity index (χ1v) is 5.01. The lowest BCUT2D eigenvalue weighted by Crippen LogP contribution is -2.38. The minimum Gasteiger partial charge on any atom is -0.459 e. The van der Waals surface area contributed by atoms with Crippen LogP contribution in [-0.4, -0.2) is 24.2 Å². The van der Waals surface area contributed by atoms with E-state index >= 15 is 0 Å². The van der Waals surface area contributed by atoms with Gasteiger partial charge in [0, 0.05) is 0 Å². The average Bonchev–Trinajstić information content (AvgIpc) is 2.55. The predicted molar refractivity (Wildman–Crippen MR) is 51.5 cm³/mol. The molecule has 3 nitrogen and oxygen atoms in total. The average molecular weight is 185 g/mol. The predicted octanol–water partition coefficient (Wildman–Crippen LogP) is 1.47. The molecule has 1 heterocycles. The summed E-state index contributed by atoms with van der Waals surface area (Å²) < 4.78 is 5.37. The Bertz CT molecular complexity index is 183. The van der Waals surface area contributed by atoms with Crippen molar-refractivity contribution in [3.8, 4) is 0 Å². The largest absolute Gasteiger partial charge is 0.459 e. The summed E-state index contributed by atoms with van der Waals surface area (Å²) in [6, 6.07) is -0.0641. The van der Waals surface area contributed by atoms with Crippen LogP contribution in [-0.2, 0) is 9.53 Å². The summed E-state index contributed by atoms with van der Waals surface area (Å²) in [6.07, 6.45) is 2.84. The molecule has 76 valence electrons. The summed E-state index contributed by atoms with van der Waals surface area (Å²) in [7, 11) is 0. The number of ether oxygens (including phenoxy) is 1. The van der Waals surface area contributed by atoms with Crippen LogP contribution in [0.4, 0.5) is 0 Å². The summed E-state index contributed by atoms with van der Waals surface area (Å²) >= 11 is 0. The van der Waals surface area contributed by atoms with Gasteiger partial charge in [-0.3, -0.25) is 4.79 Å². The molecule has 0 spiro atoms. The van der Waals surface area contributed by atoms with Gasteiger partial charge in [-0.05, 0) is 39.7 Å². The molecule has 0 bridgehead atoms. The van der Waals surface area contributed by atoms with Crippen molar-refractivity contribution in [1.29, 1.82) is 0 Å². The van der Waals surface area contributed by atoms with Crippen LogP contribution in [0.2, 0.25) is 0 Å². The molecule has 3 heteroatoms. The standard InChI is InChI=1S/C10H19NO2/c1-4-10(2,3)13-9(12)8-6-5-7-11-8/h8,11H,4-7H2,1-3H3. The molecule has 1 aliphatic rings. The lowest BCUT2D eigenvalue weighted by Gasteiger charge is -2.25. The van der Waals surface area contributed by atoms with Crippen molar-refractivity contribution in [2.24, 2.45) is 0 Å². The van der Waals surface area contributed by atoms with Crippen LogP contribution in [0.15, 0.2) is 0 Å². The van der Waals surface area contributed by atoms with Crippen LogP contribution < -0.4 is 5.32 Å². The maximum Gasteiger partial charge on any atom is 0.323 e. The number of hydrogen-bond donors (Lipinski definition) is 1. The molecule has 1 unspecified atom stereocenters. The van der Waals surface area contributed by atoms with Crippen molar-refractivity contribution in [2.75, 3.05) is 6.54 Å². The number of carbonyl (C=O) groups is 1. The van der Waals surface area contributed by atoms with E-state index in [2.05, 4.69) is 5.32 Å². The number of nitrogens with one attached hydrogen (secondary N) is 1. The van der Waals surface area contributed by atoms with Crippen molar-refractivity contribution in [3.05, 3.63) is 0 Å². The molecule has 1 N–H and O–H groups in total. The number of esters is 1. The first-order chi connectivity index (χ1) is 6.05. The van der Waals surface area contributed by atoms with Crippen LogP contribution >= 0.6 is 0 Å². The quantitative estimate of drug-likeness (QED) is 0.677. The van der Waals surface area contributed by atoms with Gasteiger partial charge < -0.3 is 10.1 Å². The van der Waals surface area contributed by atoms with Gasteiger partial charge in [-0.25, -0.2) is 0 Å². The Kier molecular flexibility index (Phi) is 3.31. The second-order valence-electron chi connectivity index (χ2n) is 4.18. The molecule has 0 aromatic heterocycles. The zero-order valence-corrected chi connectivity index (χ0v) is 8.72. The molecule has 1 atom stereocenters. The van der Waals surface area contributed by atoms with E-state index in [0.717, 1.165) is 25.8 Å². The van der Waals surface area contributed by atoms with Gasteiger partial charge in [-0.1, -0.05) is 6.92 Å². The fraction of sp³-hybridized carbons (Fsp3) is 0.900. The van der Waals surface area contributed by atoms with Gasteiger partial charge in [0.2, 0.25) is 0 Å². The summed E-state index contributed by atoms with van der Waals surface area (Å²) in [4.78, 5) is 11.5. The Morgan fingerprint density at radius 1 is 1.62 bits per heavy atom. The minimum absolute atomic E-state index is 0.0641. The SMILES string of the molecule is CCC(C)(C)OC(=O)C1CCCN1. The molecule has 0 aromatic rings. The molecule has 1 aliphatic heterocycles. The minimum atomic E-state index is -0.318. The van der Waals surface area contributed by atoms with Crippen molar-refractivity contribution < 1.29 is 9.53 Å². The molecule has 0 aromatic carbocycles. The fourth-order valence-corrected chi connectivity index (χ4v) is 1.30. The highest BCUT2D eigenvalue weighted by Gasteiger charge is 2.28. The molecule has 13 heavy (non-hydrogen) atoms. The van der Waals surface area contributed by atoms with Crippen LogP contribution in [0.5, 0.6) is 0 Å². The van der Waals surface area contributed by atoms with Gasteiger partial charge in [-0.15, -0.1) is 0 Å². The maximum atomic E-state index is 11.5. The highest BCUT2D eigenvalue weighted by atomic mass is 16.6. The highest BCUT2D eigenvalue weighted by molar-refractivity contribution is 5.76. The first-order valence-electron chi connectivity index (χ1n) is 5.01. The molecule has 0 aliphatic carbocycles. The third kappa shape index (κ3) is 2.99. The fourth-order valence-electron chi connectivity index (χ4n) is 1.30. The Morgan fingerprint density at radius 3 is 2.77 bits per heavy atom. The van der Waals surface area contributed by atoms with E-state index < -0.39 is 0 Å². The van der Waals surface area contributed by atoms with Crippen LogP contribution in [0.1, 0.15) is 40.0 Å². The normalized spacial score (nSPS) is 23.2.